The molecule has 1 saturated heterocycles. The lowest BCUT2D eigenvalue weighted by Crippen LogP contribution is -2.61. The average molecular weight is 589 g/mol. The number of aliphatic hydroxyl groups is 4. The Morgan fingerprint density at radius 1 is 1.05 bits per heavy atom. The molecule has 3 saturated carbocycles. The van der Waals surface area contributed by atoms with Crippen LogP contribution in [0.1, 0.15) is 86.0 Å². The molecule has 0 aromatic heterocycles. The molecule has 0 radical (unpaired) electrons. The van der Waals surface area contributed by atoms with Gasteiger partial charge in [0.05, 0.1) is 11.7 Å². The number of aliphatic hydroxyl groups excluding tert-OH is 4. The minimum absolute atomic E-state index is 0.111. The third-order valence-electron chi connectivity index (χ3n) is 10.9. The Hall–Kier alpha value is -1.81. The summed E-state index contributed by atoms with van der Waals surface area (Å²) in [6.07, 6.45) is 8.80. The molecule has 1 unspecified atom stereocenters. The van der Waals surface area contributed by atoms with Crippen molar-refractivity contribution in [1.82, 2.24) is 0 Å². The summed E-state index contributed by atoms with van der Waals surface area (Å²) in [6.45, 7) is 14.7. The largest absolute Gasteiger partial charge is 0.479 e. The summed E-state index contributed by atoms with van der Waals surface area (Å²) in [6, 6.07) is 0. The maximum absolute atomic E-state index is 11.5. The summed E-state index contributed by atoms with van der Waals surface area (Å²) >= 11 is 0. The van der Waals surface area contributed by atoms with Crippen LogP contribution in [0.25, 0.3) is 0 Å². The van der Waals surface area contributed by atoms with Gasteiger partial charge in [0, 0.05) is 5.92 Å². The highest BCUT2D eigenvalue weighted by Gasteiger charge is 2.51. The Kier molecular flexibility index (Phi) is 10.3. The minimum Gasteiger partial charge on any atom is -0.479 e. The molecule has 236 valence electrons. The molecule has 42 heavy (non-hydrogen) atoms. The van der Waals surface area contributed by atoms with Gasteiger partial charge in [0.2, 0.25) is 0 Å². The van der Waals surface area contributed by atoms with Gasteiger partial charge in [-0.1, -0.05) is 62.8 Å². The van der Waals surface area contributed by atoms with Crippen molar-refractivity contribution in [2.45, 2.75) is 128 Å². The predicted octanol–water partition coefficient (Wildman–Crippen LogP) is 4.67. The van der Waals surface area contributed by atoms with E-state index in [1.165, 1.54) is 36.8 Å². The second kappa shape index (κ2) is 13.0. The summed E-state index contributed by atoms with van der Waals surface area (Å²) in [5, 5.41) is 50.1. The highest BCUT2D eigenvalue weighted by Crippen LogP contribution is 2.59. The SMILES string of the molecule is C=C1CC[C@H](O)CC1=CC=C1CCC[C@]2(C)[C@@H]([C@H](C)C=C[C@H](C)C(C)(C)OC3O[C@H](C(=O)O)[C@@H](O)[C@H](O)[C@H]3O)CC[C@@H]12. The topological polar surface area (TPSA) is 137 Å². The van der Waals surface area contributed by atoms with Crippen LogP contribution in [-0.4, -0.2) is 73.9 Å². The Balaban J connectivity index is 1.41. The number of carboxylic acids is 1. The smallest absolute Gasteiger partial charge is 0.335 e. The lowest BCUT2D eigenvalue weighted by Gasteiger charge is -2.44. The van der Waals surface area contributed by atoms with Crippen LogP contribution in [0.4, 0.5) is 0 Å². The average Bonchev–Trinajstić information content (AvgIpc) is 3.29. The zero-order chi connectivity index (χ0) is 31.0. The summed E-state index contributed by atoms with van der Waals surface area (Å²) in [7, 11) is 0. The Bertz CT molecular complexity index is 1090. The second-order valence-corrected chi connectivity index (χ2v) is 14.0. The number of carboxylic acid groups (broad SMARTS) is 1. The highest BCUT2D eigenvalue weighted by molar-refractivity contribution is 5.73. The lowest BCUT2D eigenvalue weighted by atomic mass is 9.61. The second-order valence-electron chi connectivity index (χ2n) is 14.0. The molecule has 1 heterocycles. The van der Waals surface area contributed by atoms with Gasteiger partial charge in [-0.15, -0.1) is 0 Å². The van der Waals surface area contributed by atoms with E-state index in [0.717, 1.165) is 24.8 Å². The zero-order valence-corrected chi connectivity index (χ0v) is 25.9. The van der Waals surface area contributed by atoms with Gasteiger partial charge >= 0.3 is 5.97 Å². The van der Waals surface area contributed by atoms with Crippen molar-refractivity contribution in [3.63, 3.8) is 0 Å². The van der Waals surface area contributed by atoms with Crippen molar-refractivity contribution in [2.24, 2.45) is 29.1 Å². The van der Waals surface area contributed by atoms with Crippen LogP contribution in [-0.2, 0) is 14.3 Å². The molecule has 0 aromatic carbocycles. The predicted molar refractivity (Wildman–Crippen MR) is 160 cm³/mol. The number of hydrogen-bond acceptors (Lipinski definition) is 7. The number of fused-ring (bicyclic) bond motifs is 1. The fraction of sp³-hybridized carbons (Fsp3) is 0.735. The standard InChI is InChI=1S/C34H52O8/c1-19-10-14-24(35)18-23(19)13-12-22-8-7-17-34(6)25(15-16-26(22)34)20(2)9-11-21(3)33(4,5)42-32-29(38)27(36)28(37)30(41-32)31(39)40/h9,11-13,20-21,24-30,32,35-38H,1,7-8,10,14-18H2,2-6H3,(H,39,40)/t20-,21+,24+,25-,26+,27+,28+,29-,30+,32?,34-/m1/s1. The van der Waals surface area contributed by atoms with E-state index in [4.69, 9.17) is 9.47 Å². The first-order valence-corrected chi connectivity index (χ1v) is 15.7. The molecule has 8 nitrogen and oxygen atoms in total. The molecular weight excluding hydrogens is 536 g/mol. The highest BCUT2D eigenvalue weighted by atomic mass is 16.7. The number of hydrogen-bond donors (Lipinski definition) is 5. The van der Waals surface area contributed by atoms with Gasteiger partial charge < -0.3 is 35.0 Å². The molecule has 0 bridgehead atoms. The van der Waals surface area contributed by atoms with Crippen molar-refractivity contribution in [2.75, 3.05) is 0 Å². The van der Waals surface area contributed by atoms with Gasteiger partial charge in [-0.2, -0.15) is 0 Å². The van der Waals surface area contributed by atoms with Crippen molar-refractivity contribution in [3.05, 3.63) is 47.6 Å². The molecule has 4 aliphatic rings. The van der Waals surface area contributed by atoms with Crippen molar-refractivity contribution in [1.29, 1.82) is 0 Å². The van der Waals surface area contributed by atoms with E-state index in [-0.39, 0.29) is 17.4 Å². The van der Waals surface area contributed by atoms with Gasteiger partial charge in [-0.25, -0.2) is 4.79 Å². The van der Waals surface area contributed by atoms with Gasteiger partial charge in [0.1, 0.15) is 18.3 Å². The van der Waals surface area contributed by atoms with Gasteiger partial charge in [-0.05, 0) is 94.0 Å². The number of ether oxygens (including phenoxy) is 2. The van der Waals surface area contributed by atoms with E-state index in [9.17, 15) is 30.3 Å². The van der Waals surface area contributed by atoms with E-state index >= 15 is 0 Å². The number of aliphatic carboxylic acids is 1. The normalized spacial score (nSPS) is 41.3. The van der Waals surface area contributed by atoms with E-state index in [1.807, 2.05) is 20.8 Å². The first-order chi connectivity index (χ1) is 19.7. The molecule has 3 aliphatic carbocycles. The van der Waals surface area contributed by atoms with E-state index in [0.29, 0.717) is 24.2 Å². The van der Waals surface area contributed by atoms with Crippen LogP contribution in [0.15, 0.2) is 47.6 Å². The lowest BCUT2D eigenvalue weighted by molar-refractivity contribution is -0.319. The number of rotatable bonds is 8. The quantitative estimate of drug-likeness (QED) is 0.258. The fourth-order valence-corrected chi connectivity index (χ4v) is 7.80. The van der Waals surface area contributed by atoms with Crippen LogP contribution in [0.5, 0.6) is 0 Å². The maximum Gasteiger partial charge on any atom is 0.335 e. The van der Waals surface area contributed by atoms with E-state index in [2.05, 4.69) is 44.7 Å². The van der Waals surface area contributed by atoms with Crippen LogP contribution >= 0.6 is 0 Å². The summed E-state index contributed by atoms with van der Waals surface area (Å²) < 4.78 is 11.4. The van der Waals surface area contributed by atoms with Crippen molar-refractivity contribution >= 4 is 5.97 Å². The Morgan fingerprint density at radius 3 is 2.45 bits per heavy atom. The van der Waals surface area contributed by atoms with Crippen molar-refractivity contribution in [3.8, 4) is 0 Å². The summed E-state index contributed by atoms with van der Waals surface area (Å²) in [5.41, 5.74) is 3.24. The van der Waals surface area contributed by atoms with E-state index < -0.39 is 42.3 Å². The van der Waals surface area contributed by atoms with Gasteiger partial charge in [0.25, 0.3) is 0 Å². The van der Waals surface area contributed by atoms with Gasteiger partial charge in [-0.3, -0.25) is 0 Å². The minimum atomic E-state index is -1.75. The van der Waals surface area contributed by atoms with Crippen molar-refractivity contribution < 1.29 is 39.8 Å². The molecule has 0 amide bonds. The zero-order valence-electron chi connectivity index (χ0n) is 25.9. The van der Waals surface area contributed by atoms with Crippen LogP contribution in [0, 0.1) is 29.1 Å². The first-order valence-electron chi connectivity index (χ1n) is 15.7. The molecule has 8 heteroatoms. The summed E-state index contributed by atoms with van der Waals surface area (Å²) in [5.74, 6) is -0.110. The molecule has 5 N–H and O–H groups in total. The van der Waals surface area contributed by atoms with Gasteiger partial charge in [0.15, 0.2) is 12.4 Å². The maximum atomic E-state index is 11.5. The first kappa shape index (κ1) is 33.1. The molecule has 11 atom stereocenters. The molecule has 4 fully saturated rings. The molecule has 4 rings (SSSR count). The monoisotopic (exact) mass is 588 g/mol. The number of carbonyl (C=O) groups is 1. The summed E-state index contributed by atoms with van der Waals surface area (Å²) in [4.78, 5) is 11.5. The molecular formula is C34H52O8. The third-order valence-corrected chi connectivity index (χ3v) is 10.9. The molecule has 0 spiro atoms. The van der Waals surface area contributed by atoms with Crippen LogP contribution in [0.3, 0.4) is 0 Å². The Labute approximate surface area is 250 Å². The van der Waals surface area contributed by atoms with E-state index in [1.54, 1.807) is 0 Å². The third kappa shape index (κ3) is 6.79. The number of allylic oxidation sites excluding steroid dienone is 5. The molecule has 1 aliphatic heterocycles. The molecule has 0 aromatic rings. The van der Waals surface area contributed by atoms with Crippen LogP contribution in [0.2, 0.25) is 0 Å². The Morgan fingerprint density at radius 2 is 1.76 bits per heavy atom. The van der Waals surface area contributed by atoms with Crippen LogP contribution < -0.4 is 0 Å². The fourth-order valence-electron chi connectivity index (χ4n) is 7.80.